The number of carbonyl (C=O) groups is 1. The fourth-order valence-electron chi connectivity index (χ4n) is 3.33. The number of nitrogens with zero attached hydrogens (tertiary/aromatic N) is 3. The lowest BCUT2D eigenvalue weighted by atomic mass is 10.0. The lowest BCUT2D eigenvalue weighted by Crippen LogP contribution is -2.40. The van der Waals surface area contributed by atoms with E-state index in [2.05, 4.69) is 25.8 Å². The monoisotopic (exact) mass is 491 g/mol. The molecule has 4 aromatic rings. The van der Waals surface area contributed by atoms with Crippen LogP contribution in [0.1, 0.15) is 11.1 Å². The molecule has 0 aliphatic rings. The predicted molar refractivity (Wildman–Crippen MR) is 119 cm³/mol. The van der Waals surface area contributed by atoms with Gasteiger partial charge in [-0.2, -0.15) is 17.6 Å². The fourth-order valence-corrected chi connectivity index (χ4v) is 4.08. The molecule has 0 aliphatic carbocycles. The lowest BCUT2D eigenvalue weighted by molar-refractivity contribution is -0.137. The van der Waals surface area contributed by atoms with Crippen molar-refractivity contribution in [2.45, 2.75) is 18.6 Å². The van der Waals surface area contributed by atoms with Gasteiger partial charge in [0, 0.05) is 29.8 Å². The van der Waals surface area contributed by atoms with Gasteiger partial charge in [0.05, 0.1) is 11.6 Å². The summed E-state index contributed by atoms with van der Waals surface area (Å²) in [6, 6.07) is 10.6. The maximum Gasteiger partial charge on any atom is 0.416 e. The van der Waals surface area contributed by atoms with Gasteiger partial charge in [-0.3, -0.25) is 0 Å². The molecule has 2 heterocycles. The minimum absolute atomic E-state index is 0.135. The summed E-state index contributed by atoms with van der Waals surface area (Å²) in [6.45, 7) is 0.135. The zero-order valence-corrected chi connectivity index (χ0v) is 18.1. The maximum atomic E-state index is 13.4. The third-order valence-corrected chi connectivity index (χ3v) is 5.88. The maximum absolute atomic E-state index is 13.4. The SMILES string of the molecule is O=C(O)N[C@H](CNc1nnc(-c2ccc3cnc(F)cc3c2)s1)Cc1ccc(C(F)(F)F)cc1. The molecule has 176 valence electrons. The van der Waals surface area contributed by atoms with Crippen LogP contribution in [0, 0.1) is 5.95 Å². The molecule has 34 heavy (non-hydrogen) atoms. The van der Waals surface area contributed by atoms with Crippen LogP contribution in [0.3, 0.4) is 0 Å². The molecule has 0 spiro atoms. The molecule has 0 bridgehead atoms. The Morgan fingerprint density at radius 1 is 1.06 bits per heavy atom. The van der Waals surface area contributed by atoms with Crippen molar-refractivity contribution in [2.75, 3.05) is 11.9 Å². The van der Waals surface area contributed by atoms with E-state index in [0.717, 1.165) is 23.1 Å². The van der Waals surface area contributed by atoms with Gasteiger partial charge in [0.2, 0.25) is 11.1 Å². The highest BCUT2D eigenvalue weighted by atomic mass is 32.1. The first-order chi connectivity index (χ1) is 16.2. The molecule has 1 atom stereocenters. The molecule has 0 radical (unpaired) electrons. The molecule has 12 heteroatoms. The van der Waals surface area contributed by atoms with Crippen molar-refractivity contribution in [3.05, 3.63) is 71.8 Å². The molecule has 0 saturated carbocycles. The number of halogens is 4. The Kier molecular flexibility index (Phi) is 6.59. The highest BCUT2D eigenvalue weighted by Gasteiger charge is 2.30. The highest BCUT2D eigenvalue weighted by molar-refractivity contribution is 7.18. The standard InChI is InChI=1S/C22H17F4N5O2S/c23-18-9-15-8-13(3-4-14(15)10-27-18)19-30-31-20(34-19)28-11-17(29-21(32)33)7-12-1-5-16(6-2-12)22(24,25)26/h1-6,8-10,17,29H,7,11H2,(H,28,31)(H,32,33)/t17-/m0/s1. The number of fused-ring (bicyclic) bond motifs is 1. The normalized spacial score (nSPS) is 12.5. The number of hydrogen-bond donors (Lipinski definition) is 3. The molecule has 1 amide bonds. The molecule has 4 rings (SSSR count). The van der Waals surface area contributed by atoms with Crippen LogP contribution in [-0.4, -0.2) is 39.0 Å². The second-order valence-electron chi connectivity index (χ2n) is 7.41. The molecule has 3 N–H and O–H groups in total. The van der Waals surface area contributed by atoms with Crippen LogP contribution in [0.25, 0.3) is 21.3 Å². The van der Waals surface area contributed by atoms with Crippen molar-refractivity contribution in [1.29, 1.82) is 0 Å². The molecule has 0 aliphatic heterocycles. The van der Waals surface area contributed by atoms with Crippen LogP contribution >= 0.6 is 11.3 Å². The molecule has 7 nitrogen and oxygen atoms in total. The van der Waals surface area contributed by atoms with Gasteiger partial charge in [0.1, 0.15) is 5.01 Å². The summed E-state index contributed by atoms with van der Waals surface area (Å²) >= 11 is 1.23. The first kappa shape index (κ1) is 23.4. The van der Waals surface area contributed by atoms with Gasteiger partial charge >= 0.3 is 12.3 Å². The summed E-state index contributed by atoms with van der Waals surface area (Å²) in [4.78, 5) is 14.8. The zero-order chi connectivity index (χ0) is 24.3. The van der Waals surface area contributed by atoms with Crippen molar-refractivity contribution in [3.8, 4) is 10.6 Å². The molecule has 0 saturated heterocycles. The highest BCUT2D eigenvalue weighted by Crippen LogP contribution is 2.30. The largest absolute Gasteiger partial charge is 0.465 e. The predicted octanol–water partition coefficient (Wildman–Crippen LogP) is 5.20. The Morgan fingerprint density at radius 2 is 1.82 bits per heavy atom. The lowest BCUT2D eigenvalue weighted by Gasteiger charge is -2.17. The second-order valence-corrected chi connectivity index (χ2v) is 8.38. The van der Waals surface area contributed by atoms with Gasteiger partial charge < -0.3 is 15.7 Å². The Bertz CT molecular complexity index is 1310. The summed E-state index contributed by atoms with van der Waals surface area (Å²) in [5.74, 6) is -0.589. The summed E-state index contributed by atoms with van der Waals surface area (Å²) in [5.41, 5.74) is 0.504. The Labute approximate surface area is 194 Å². The number of amides is 1. The number of nitrogens with one attached hydrogen (secondary N) is 2. The van der Waals surface area contributed by atoms with E-state index in [1.165, 1.54) is 35.7 Å². The van der Waals surface area contributed by atoms with E-state index in [4.69, 9.17) is 5.11 Å². The number of aromatic nitrogens is 3. The van der Waals surface area contributed by atoms with Crippen LogP contribution in [0.2, 0.25) is 0 Å². The van der Waals surface area contributed by atoms with Crippen LogP contribution in [0.4, 0.5) is 27.5 Å². The van der Waals surface area contributed by atoms with E-state index in [1.807, 2.05) is 6.07 Å². The Hall–Kier alpha value is -3.80. The summed E-state index contributed by atoms with van der Waals surface area (Å²) < 4.78 is 51.7. The topological polar surface area (TPSA) is 100 Å². The van der Waals surface area contributed by atoms with E-state index in [1.54, 1.807) is 12.1 Å². The molecule has 2 aromatic heterocycles. The van der Waals surface area contributed by atoms with Gasteiger partial charge in [-0.25, -0.2) is 9.78 Å². The smallest absolute Gasteiger partial charge is 0.416 e. The third-order valence-electron chi connectivity index (χ3n) is 4.95. The van der Waals surface area contributed by atoms with Gasteiger partial charge in [-0.05, 0) is 35.6 Å². The summed E-state index contributed by atoms with van der Waals surface area (Å²) in [5, 5.41) is 25.1. The van der Waals surface area contributed by atoms with Gasteiger partial charge in [0.25, 0.3) is 0 Å². The Balaban J connectivity index is 1.44. The van der Waals surface area contributed by atoms with E-state index in [9.17, 15) is 22.4 Å². The molecule has 0 unspecified atom stereocenters. The van der Waals surface area contributed by atoms with E-state index < -0.39 is 29.8 Å². The fraction of sp³-hybridized carbons (Fsp3) is 0.182. The zero-order valence-electron chi connectivity index (χ0n) is 17.3. The summed E-state index contributed by atoms with van der Waals surface area (Å²) in [7, 11) is 0. The average Bonchev–Trinajstić information content (AvgIpc) is 3.25. The number of rotatable bonds is 7. The number of anilines is 1. The van der Waals surface area contributed by atoms with Crippen LogP contribution < -0.4 is 10.6 Å². The number of pyridine rings is 1. The van der Waals surface area contributed by atoms with Gasteiger partial charge in [0.15, 0.2) is 0 Å². The van der Waals surface area contributed by atoms with Crippen molar-refractivity contribution < 1.29 is 27.5 Å². The van der Waals surface area contributed by atoms with E-state index in [-0.39, 0.29) is 13.0 Å². The Morgan fingerprint density at radius 3 is 2.53 bits per heavy atom. The van der Waals surface area contributed by atoms with Crippen LogP contribution in [-0.2, 0) is 12.6 Å². The van der Waals surface area contributed by atoms with Crippen molar-refractivity contribution in [3.63, 3.8) is 0 Å². The van der Waals surface area contributed by atoms with E-state index in [0.29, 0.717) is 21.1 Å². The van der Waals surface area contributed by atoms with Crippen molar-refractivity contribution in [1.82, 2.24) is 20.5 Å². The van der Waals surface area contributed by atoms with Gasteiger partial charge in [-0.1, -0.05) is 35.6 Å². The first-order valence-corrected chi connectivity index (χ1v) is 10.8. The van der Waals surface area contributed by atoms with Crippen molar-refractivity contribution >= 4 is 33.3 Å². The van der Waals surface area contributed by atoms with Gasteiger partial charge in [-0.15, -0.1) is 10.2 Å². The van der Waals surface area contributed by atoms with Crippen LogP contribution in [0.5, 0.6) is 0 Å². The van der Waals surface area contributed by atoms with Crippen LogP contribution in [0.15, 0.2) is 54.7 Å². The third kappa shape index (κ3) is 5.76. The quantitative estimate of drug-likeness (QED) is 0.243. The number of hydrogen-bond acceptors (Lipinski definition) is 6. The minimum Gasteiger partial charge on any atom is -0.465 e. The molecular weight excluding hydrogens is 474 g/mol. The number of carboxylic acid groups (broad SMARTS) is 1. The minimum atomic E-state index is -4.44. The molecule has 2 aromatic carbocycles. The second kappa shape index (κ2) is 9.59. The molecular formula is C22H17F4N5O2S. The molecule has 0 fully saturated rings. The average molecular weight is 491 g/mol. The summed E-state index contributed by atoms with van der Waals surface area (Å²) in [6.07, 6.45) is -4.08. The first-order valence-electron chi connectivity index (χ1n) is 9.96. The van der Waals surface area contributed by atoms with Crippen molar-refractivity contribution in [2.24, 2.45) is 0 Å². The number of benzene rings is 2. The number of alkyl halides is 3. The van der Waals surface area contributed by atoms with E-state index >= 15 is 0 Å².